The van der Waals surface area contributed by atoms with Crippen molar-refractivity contribution in [3.63, 3.8) is 0 Å². The molecule has 0 radical (unpaired) electrons. The number of hydrogen-bond acceptors (Lipinski definition) is 3. The molecule has 0 amide bonds. The Bertz CT molecular complexity index is 415. The second-order valence-electron chi connectivity index (χ2n) is 3.35. The normalized spacial score (nSPS) is 11.5. The van der Waals surface area contributed by atoms with Crippen LogP contribution in [0.1, 0.15) is 18.9 Å². The smallest absolute Gasteiger partial charge is 0.215 e. The third kappa shape index (κ3) is 3.89. The Labute approximate surface area is 90.5 Å². The molecule has 1 aromatic carbocycles. The highest BCUT2D eigenvalue weighted by Crippen LogP contribution is 2.13. The number of anilines is 1. The second kappa shape index (κ2) is 5.14. The molecule has 0 atom stereocenters. The molecule has 1 aromatic rings. The average Bonchev–Trinajstić information content (AvgIpc) is 2.18. The van der Waals surface area contributed by atoms with Crippen molar-refractivity contribution in [2.45, 2.75) is 19.1 Å². The van der Waals surface area contributed by atoms with Gasteiger partial charge < -0.3 is 5.73 Å². The van der Waals surface area contributed by atoms with Gasteiger partial charge in [0.25, 0.3) is 0 Å². The van der Waals surface area contributed by atoms with E-state index in [2.05, 4.69) is 4.72 Å². The average molecular weight is 228 g/mol. The summed E-state index contributed by atoms with van der Waals surface area (Å²) in [4.78, 5) is 0. The molecule has 5 heteroatoms. The van der Waals surface area contributed by atoms with E-state index < -0.39 is 10.0 Å². The van der Waals surface area contributed by atoms with Gasteiger partial charge >= 0.3 is 0 Å². The molecule has 15 heavy (non-hydrogen) atoms. The lowest BCUT2D eigenvalue weighted by Gasteiger charge is -2.07. The van der Waals surface area contributed by atoms with Gasteiger partial charge in [-0.2, -0.15) is 0 Å². The quantitative estimate of drug-likeness (QED) is 0.741. The van der Waals surface area contributed by atoms with E-state index in [0.717, 1.165) is 6.42 Å². The number of benzene rings is 1. The maximum Gasteiger partial charge on any atom is 0.215 e. The van der Waals surface area contributed by atoms with Crippen molar-refractivity contribution in [2.24, 2.45) is 0 Å². The molecule has 0 aromatic heterocycles. The van der Waals surface area contributed by atoms with Gasteiger partial charge in [-0.05, 0) is 18.1 Å². The van der Waals surface area contributed by atoms with E-state index >= 15 is 0 Å². The highest BCUT2D eigenvalue weighted by atomic mass is 32.2. The maximum absolute atomic E-state index is 11.5. The van der Waals surface area contributed by atoms with Gasteiger partial charge in [-0.1, -0.05) is 25.1 Å². The monoisotopic (exact) mass is 228 g/mol. The van der Waals surface area contributed by atoms with Crippen LogP contribution in [0.4, 0.5) is 5.69 Å². The summed E-state index contributed by atoms with van der Waals surface area (Å²) in [5.41, 5.74) is 6.82. The highest BCUT2D eigenvalue weighted by molar-refractivity contribution is 7.88. The lowest BCUT2D eigenvalue weighted by molar-refractivity contribution is 0.580. The molecule has 0 saturated heterocycles. The van der Waals surface area contributed by atoms with E-state index in [9.17, 15) is 8.42 Å². The van der Waals surface area contributed by atoms with Crippen LogP contribution in [0.2, 0.25) is 0 Å². The predicted molar refractivity (Wildman–Crippen MR) is 61.8 cm³/mol. The van der Waals surface area contributed by atoms with Gasteiger partial charge in [-0.25, -0.2) is 13.1 Å². The molecular weight excluding hydrogens is 212 g/mol. The van der Waals surface area contributed by atoms with E-state index in [4.69, 9.17) is 5.73 Å². The zero-order chi connectivity index (χ0) is 11.3. The van der Waals surface area contributed by atoms with Crippen molar-refractivity contribution in [3.05, 3.63) is 29.8 Å². The number of nitrogens with one attached hydrogen (secondary N) is 1. The number of rotatable bonds is 5. The van der Waals surface area contributed by atoms with Gasteiger partial charge in [0.1, 0.15) is 0 Å². The van der Waals surface area contributed by atoms with Crippen LogP contribution in [-0.2, 0) is 15.8 Å². The molecule has 0 saturated carbocycles. The number of sulfonamides is 1. The van der Waals surface area contributed by atoms with Crippen LogP contribution in [0.15, 0.2) is 24.3 Å². The summed E-state index contributed by atoms with van der Waals surface area (Å²) < 4.78 is 25.6. The lowest BCUT2D eigenvalue weighted by Crippen LogP contribution is -2.26. The van der Waals surface area contributed by atoms with Crippen molar-refractivity contribution >= 4 is 15.7 Å². The summed E-state index contributed by atoms with van der Waals surface area (Å²) in [5.74, 6) is -0.0559. The SMILES string of the molecule is CCCNS(=O)(=O)Cc1ccccc1N. The van der Waals surface area contributed by atoms with Gasteiger partial charge in [-0.15, -0.1) is 0 Å². The minimum absolute atomic E-state index is 0.0559. The zero-order valence-electron chi connectivity index (χ0n) is 8.73. The van der Waals surface area contributed by atoms with E-state index in [-0.39, 0.29) is 5.75 Å². The molecule has 0 aliphatic carbocycles. The molecular formula is C10H16N2O2S. The van der Waals surface area contributed by atoms with E-state index in [1.807, 2.05) is 6.92 Å². The minimum Gasteiger partial charge on any atom is -0.398 e. The fourth-order valence-corrected chi connectivity index (χ4v) is 2.47. The van der Waals surface area contributed by atoms with E-state index in [1.165, 1.54) is 0 Å². The van der Waals surface area contributed by atoms with Crippen LogP contribution in [0.25, 0.3) is 0 Å². The Morgan fingerprint density at radius 1 is 1.33 bits per heavy atom. The molecule has 0 aliphatic rings. The van der Waals surface area contributed by atoms with Gasteiger partial charge in [-0.3, -0.25) is 0 Å². The number of nitrogen functional groups attached to an aromatic ring is 1. The number of nitrogens with two attached hydrogens (primary N) is 1. The van der Waals surface area contributed by atoms with E-state index in [0.29, 0.717) is 17.8 Å². The van der Waals surface area contributed by atoms with Crippen LogP contribution in [0.5, 0.6) is 0 Å². The summed E-state index contributed by atoms with van der Waals surface area (Å²) in [5, 5.41) is 0. The summed E-state index contributed by atoms with van der Waals surface area (Å²) in [7, 11) is -3.25. The highest BCUT2D eigenvalue weighted by Gasteiger charge is 2.11. The molecule has 0 aliphatic heterocycles. The van der Waals surface area contributed by atoms with Gasteiger partial charge in [0.2, 0.25) is 10.0 Å². The summed E-state index contributed by atoms with van der Waals surface area (Å²) in [6, 6.07) is 6.98. The first-order valence-electron chi connectivity index (χ1n) is 4.86. The standard InChI is InChI=1S/C10H16N2O2S/c1-2-7-12-15(13,14)8-9-5-3-4-6-10(9)11/h3-6,12H,2,7-8,11H2,1H3. The fraction of sp³-hybridized carbons (Fsp3) is 0.400. The molecule has 4 nitrogen and oxygen atoms in total. The number of hydrogen-bond donors (Lipinski definition) is 2. The first kappa shape index (κ1) is 12.0. The minimum atomic E-state index is -3.25. The van der Waals surface area contributed by atoms with Crippen molar-refractivity contribution in [3.8, 4) is 0 Å². The third-order valence-corrected chi connectivity index (χ3v) is 3.31. The Hall–Kier alpha value is -1.07. The summed E-state index contributed by atoms with van der Waals surface area (Å²) in [6.07, 6.45) is 0.781. The van der Waals surface area contributed by atoms with Crippen LogP contribution in [0.3, 0.4) is 0 Å². The Balaban J connectivity index is 2.74. The van der Waals surface area contributed by atoms with Crippen molar-refractivity contribution in [2.75, 3.05) is 12.3 Å². The lowest BCUT2D eigenvalue weighted by atomic mass is 10.2. The Morgan fingerprint density at radius 3 is 2.60 bits per heavy atom. The molecule has 0 bridgehead atoms. The molecule has 0 heterocycles. The third-order valence-electron chi connectivity index (χ3n) is 1.97. The second-order valence-corrected chi connectivity index (χ2v) is 5.16. The first-order chi connectivity index (χ1) is 7.05. The van der Waals surface area contributed by atoms with E-state index in [1.54, 1.807) is 24.3 Å². The topological polar surface area (TPSA) is 72.2 Å². The van der Waals surface area contributed by atoms with Gasteiger partial charge in [0, 0.05) is 12.2 Å². The van der Waals surface area contributed by atoms with Crippen LogP contribution < -0.4 is 10.5 Å². The predicted octanol–water partition coefficient (Wildman–Crippen LogP) is 1.10. The number of para-hydroxylation sites is 1. The molecule has 0 spiro atoms. The fourth-order valence-electron chi connectivity index (χ4n) is 1.18. The molecule has 1 rings (SSSR count). The van der Waals surface area contributed by atoms with Gasteiger partial charge in [0.15, 0.2) is 0 Å². The summed E-state index contributed by atoms with van der Waals surface area (Å²) in [6.45, 7) is 2.38. The van der Waals surface area contributed by atoms with Crippen molar-refractivity contribution < 1.29 is 8.42 Å². The summed E-state index contributed by atoms with van der Waals surface area (Å²) >= 11 is 0. The van der Waals surface area contributed by atoms with Crippen molar-refractivity contribution in [1.82, 2.24) is 4.72 Å². The molecule has 0 unspecified atom stereocenters. The van der Waals surface area contributed by atoms with Gasteiger partial charge in [0.05, 0.1) is 5.75 Å². The maximum atomic E-state index is 11.5. The van der Waals surface area contributed by atoms with Crippen molar-refractivity contribution in [1.29, 1.82) is 0 Å². The largest absolute Gasteiger partial charge is 0.398 e. The Morgan fingerprint density at radius 2 is 2.00 bits per heavy atom. The molecule has 84 valence electrons. The zero-order valence-corrected chi connectivity index (χ0v) is 9.55. The van der Waals surface area contributed by atoms with Crippen LogP contribution in [0, 0.1) is 0 Å². The first-order valence-corrected chi connectivity index (χ1v) is 6.51. The molecule has 0 fully saturated rings. The Kier molecular flexibility index (Phi) is 4.11. The van der Waals surface area contributed by atoms with Crippen LogP contribution >= 0.6 is 0 Å². The molecule has 3 N–H and O–H groups in total. The van der Waals surface area contributed by atoms with Crippen LogP contribution in [-0.4, -0.2) is 15.0 Å².